The molecule has 0 bridgehead atoms. The Morgan fingerprint density at radius 3 is 2.71 bits per heavy atom. The zero-order valence-electron chi connectivity index (χ0n) is 12.7. The molecule has 0 heterocycles. The molecule has 0 aliphatic carbocycles. The first-order valence-electron chi connectivity index (χ1n) is 7.26. The molecule has 21 heavy (non-hydrogen) atoms. The van der Waals surface area contributed by atoms with E-state index in [0.717, 1.165) is 5.56 Å². The zero-order valence-corrected chi connectivity index (χ0v) is 12.7. The molecule has 4 heteroatoms. The highest BCUT2D eigenvalue weighted by Crippen LogP contribution is 2.10. The summed E-state index contributed by atoms with van der Waals surface area (Å²) in [6.07, 6.45) is 2.86. The van der Waals surface area contributed by atoms with Crippen LogP contribution in [0, 0.1) is 5.92 Å². The van der Waals surface area contributed by atoms with Gasteiger partial charge >= 0.3 is 5.97 Å². The van der Waals surface area contributed by atoms with Gasteiger partial charge in [-0.1, -0.05) is 43.3 Å². The van der Waals surface area contributed by atoms with Gasteiger partial charge in [-0.05, 0) is 18.9 Å². The van der Waals surface area contributed by atoms with E-state index in [0.29, 0.717) is 26.2 Å². The quantitative estimate of drug-likeness (QED) is 0.561. The average molecular weight is 292 g/mol. The molecule has 2 atom stereocenters. The van der Waals surface area contributed by atoms with Crippen LogP contribution in [0.5, 0.6) is 0 Å². The van der Waals surface area contributed by atoms with Crippen LogP contribution in [0.1, 0.15) is 25.8 Å². The Hall–Kier alpha value is -1.65. The molecular weight excluding hydrogens is 268 g/mol. The highest BCUT2D eigenvalue weighted by molar-refractivity contribution is 5.81. The minimum absolute atomic E-state index is 0.000516. The predicted octanol–water partition coefficient (Wildman–Crippen LogP) is 2.71. The molecule has 1 N–H and O–H groups in total. The van der Waals surface area contributed by atoms with Gasteiger partial charge in [-0.3, -0.25) is 0 Å². The lowest BCUT2D eigenvalue weighted by Crippen LogP contribution is -2.21. The van der Waals surface area contributed by atoms with E-state index in [1.807, 2.05) is 37.3 Å². The highest BCUT2D eigenvalue weighted by Gasteiger charge is 2.13. The maximum absolute atomic E-state index is 11.1. The fourth-order valence-electron chi connectivity index (χ4n) is 1.77. The summed E-state index contributed by atoms with van der Waals surface area (Å²) < 4.78 is 10.4. The molecule has 0 fully saturated rings. The highest BCUT2D eigenvalue weighted by atomic mass is 16.5. The SMILES string of the molecule is CCOC(=O)/C=C/C[C@H](O)[C@@H](C)COCc1ccccc1. The van der Waals surface area contributed by atoms with Gasteiger partial charge in [-0.15, -0.1) is 0 Å². The summed E-state index contributed by atoms with van der Waals surface area (Å²) in [5.74, 6) is -0.377. The number of hydrogen-bond acceptors (Lipinski definition) is 4. The van der Waals surface area contributed by atoms with E-state index in [9.17, 15) is 9.90 Å². The summed E-state index contributed by atoms with van der Waals surface area (Å²) in [7, 11) is 0. The zero-order chi connectivity index (χ0) is 15.5. The number of aliphatic hydroxyl groups is 1. The summed E-state index contributed by atoms with van der Waals surface area (Å²) in [6.45, 7) is 5.05. The second kappa shape index (κ2) is 10.1. The summed E-state index contributed by atoms with van der Waals surface area (Å²) in [4.78, 5) is 11.1. The van der Waals surface area contributed by atoms with Crippen LogP contribution in [0.3, 0.4) is 0 Å². The number of benzene rings is 1. The first-order valence-corrected chi connectivity index (χ1v) is 7.26. The Labute approximate surface area is 126 Å². The molecule has 0 amide bonds. The van der Waals surface area contributed by atoms with E-state index in [2.05, 4.69) is 0 Å². The van der Waals surface area contributed by atoms with Crippen LogP contribution in [-0.2, 0) is 20.9 Å². The largest absolute Gasteiger partial charge is 0.463 e. The van der Waals surface area contributed by atoms with Crippen LogP contribution < -0.4 is 0 Å². The van der Waals surface area contributed by atoms with Gasteiger partial charge in [-0.25, -0.2) is 4.79 Å². The third kappa shape index (κ3) is 7.63. The van der Waals surface area contributed by atoms with Crippen molar-refractivity contribution in [1.82, 2.24) is 0 Å². The van der Waals surface area contributed by atoms with E-state index in [-0.39, 0.29) is 11.9 Å². The van der Waals surface area contributed by atoms with Gasteiger partial charge in [0.2, 0.25) is 0 Å². The molecule has 0 unspecified atom stereocenters. The Morgan fingerprint density at radius 1 is 1.33 bits per heavy atom. The van der Waals surface area contributed by atoms with Crippen LogP contribution in [0.15, 0.2) is 42.5 Å². The van der Waals surface area contributed by atoms with Crippen molar-refractivity contribution < 1.29 is 19.4 Å². The van der Waals surface area contributed by atoms with Crippen molar-refractivity contribution in [3.05, 3.63) is 48.0 Å². The van der Waals surface area contributed by atoms with Gasteiger partial charge < -0.3 is 14.6 Å². The number of carbonyl (C=O) groups excluding carboxylic acids is 1. The Balaban J connectivity index is 2.21. The smallest absolute Gasteiger partial charge is 0.330 e. The molecule has 0 aromatic heterocycles. The monoisotopic (exact) mass is 292 g/mol. The Bertz CT molecular complexity index is 428. The summed E-state index contributed by atoms with van der Waals surface area (Å²) in [5.41, 5.74) is 1.11. The number of carbonyl (C=O) groups is 1. The summed E-state index contributed by atoms with van der Waals surface area (Å²) in [5, 5.41) is 9.97. The molecule has 4 nitrogen and oxygen atoms in total. The number of esters is 1. The molecule has 1 rings (SSSR count). The summed E-state index contributed by atoms with van der Waals surface area (Å²) >= 11 is 0. The Kier molecular flexibility index (Phi) is 8.40. The summed E-state index contributed by atoms with van der Waals surface area (Å²) in [6, 6.07) is 9.91. The van der Waals surface area contributed by atoms with E-state index < -0.39 is 6.10 Å². The number of hydrogen-bond donors (Lipinski definition) is 1. The molecule has 0 spiro atoms. The minimum atomic E-state index is -0.536. The van der Waals surface area contributed by atoms with Gasteiger partial charge in [-0.2, -0.15) is 0 Å². The van der Waals surface area contributed by atoms with Crippen molar-refractivity contribution in [2.45, 2.75) is 33.0 Å². The normalized spacial score (nSPS) is 14.0. The average Bonchev–Trinajstić information content (AvgIpc) is 2.48. The molecule has 0 aliphatic heterocycles. The lowest BCUT2D eigenvalue weighted by Gasteiger charge is -2.17. The van der Waals surface area contributed by atoms with Crippen molar-refractivity contribution >= 4 is 5.97 Å². The third-order valence-electron chi connectivity index (χ3n) is 3.07. The van der Waals surface area contributed by atoms with Gasteiger partial charge in [0.1, 0.15) is 0 Å². The molecule has 116 valence electrons. The fourth-order valence-corrected chi connectivity index (χ4v) is 1.77. The van der Waals surface area contributed by atoms with Crippen LogP contribution in [0.2, 0.25) is 0 Å². The molecule has 0 saturated carbocycles. The van der Waals surface area contributed by atoms with Gasteiger partial charge in [0.15, 0.2) is 0 Å². The second-order valence-corrected chi connectivity index (χ2v) is 4.94. The van der Waals surface area contributed by atoms with Crippen molar-refractivity contribution in [2.24, 2.45) is 5.92 Å². The van der Waals surface area contributed by atoms with Gasteiger partial charge in [0.05, 0.1) is 25.9 Å². The molecular formula is C17H24O4. The maximum Gasteiger partial charge on any atom is 0.330 e. The fraction of sp³-hybridized carbons (Fsp3) is 0.471. The van der Waals surface area contributed by atoms with E-state index in [1.165, 1.54) is 6.08 Å². The molecule has 0 aliphatic rings. The maximum atomic E-state index is 11.1. The second-order valence-electron chi connectivity index (χ2n) is 4.94. The lowest BCUT2D eigenvalue weighted by molar-refractivity contribution is -0.137. The van der Waals surface area contributed by atoms with Crippen molar-refractivity contribution in [2.75, 3.05) is 13.2 Å². The minimum Gasteiger partial charge on any atom is -0.463 e. The van der Waals surface area contributed by atoms with Gasteiger partial charge in [0.25, 0.3) is 0 Å². The first kappa shape index (κ1) is 17.4. The van der Waals surface area contributed by atoms with E-state index in [1.54, 1.807) is 13.0 Å². The van der Waals surface area contributed by atoms with Crippen LogP contribution in [0.25, 0.3) is 0 Å². The first-order chi connectivity index (χ1) is 10.1. The van der Waals surface area contributed by atoms with E-state index >= 15 is 0 Å². The third-order valence-corrected chi connectivity index (χ3v) is 3.07. The van der Waals surface area contributed by atoms with Crippen molar-refractivity contribution in [3.8, 4) is 0 Å². The predicted molar refractivity (Wildman–Crippen MR) is 81.7 cm³/mol. The molecule has 1 aromatic rings. The topological polar surface area (TPSA) is 55.8 Å². The van der Waals surface area contributed by atoms with E-state index in [4.69, 9.17) is 9.47 Å². The van der Waals surface area contributed by atoms with Gasteiger partial charge in [0, 0.05) is 12.0 Å². The lowest BCUT2D eigenvalue weighted by atomic mass is 10.0. The van der Waals surface area contributed by atoms with Crippen LogP contribution in [-0.4, -0.2) is 30.4 Å². The molecule has 1 aromatic carbocycles. The number of ether oxygens (including phenoxy) is 2. The van der Waals surface area contributed by atoms with Crippen molar-refractivity contribution in [1.29, 1.82) is 0 Å². The standard InChI is InChI=1S/C17H24O4/c1-3-21-17(19)11-7-10-16(18)14(2)12-20-13-15-8-5-4-6-9-15/h4-9,11,14,16,18H,3,10,12-13H2,1-2H3/b11-7+/t14-,16-/m0/s1. The van der Waals surface area contributed by atoms with Crippen LogP contribution >= 0.6 is 0 Å². The van der Waals surface area contributed by atoms with Crippen LogP contribution in [0.4, 0.5) is 0 Å². The van der Waals surface area contributed by atoms with Crippen molar-refractivity contribution in [3.63, 3.8) is 0 Å². The number of aliphatic hydroxyl groups excluding tert-OH is 1. The Morgan fingerprint density at radius 2 is 2.05 bits per heavy atom. The molecule has 0 radical (unpaired) electrons. The molecule has 0 saturated heterocycles. The number of rotatable bonds is 9.